The zero-order valence-electron chi connectivity index (χ0n) is 10.7. The first-order chi connectivity index (χ1) is 9.63. The van der Waals surface area contributed by atoms with Crippen LogP contribution in [0.15, 0.2) is 41.3 Å². The summed E-state index contributed by atoms with van der Waals surface area (Å²) in [7, 11) is 1.56. The molecule has 2 rings (SSSR count). The predicted molar refractivity (Wildman–Crippen MR) is 83.7 cm³/mol. The molecule has 5 heteroatoms. The maximum Gasteiger partial charge on any atom is 0.136 e. The van der Waals surface area contributed by atoms with Crippen molar-refractivity contribution in [1.29, 1.82) is 5.26 Å². The lowest BCUT2D eigenvalue weighted by Gasteiger charge is -2.06. The molecule has 0 N–H and O–H groups in total. The van der Waals surface area contributed by atoms with Gasteiger partial charge in [0.2, 0.25) is 0 Å². The van der Waals surface area contributed by atoms with Gasteiger partial charge in [0.05, 0.1) is 22.7 Å². The molecule has 2 nitrogen and oxygen atoms in total. The van der Waals surface area contributed by atoms with E-state index in [1.54, 1.807) is 24.9 Å². The highest BCUT2D eigenvalue weighted by molar-refractivity contribution is 7.98. The van der Waals surface area contributed by atoms with Crippen molar-refractivity contribution in [1.82, 2.24) is 0 Å². The average Bonchev–Trinajstić information content (AvgIpc) is 2.48. The molecule has 102 valence electrons. The molecule has 0 aliphatic carbocycles. The van der Waals surface area contributed by atoms with Crippen LogP contribution in [0.2, 0.25) is 10.0 Å². The largest absolute Gasteiger partial charge is 0.495 e. The Morgan fingerprint density at radius 3 is 2.60 bits per heavy atom. The van der Waals surface area contributed by atoms with E-state index in [0.29, 0.717) is 21.4 Å². The Morgan fingerprint density at radius 2 is 1.95 bits per heavy atom. The number of halogens is 2. The molecular weight excluding hydrogens is 313 g/mol. The molecule has 0 atom stereocenters. The molecule has 0 aliphatic rings. The number of nitrogens with zero attached hydrogens (tertiary/aromatic N) is 1. The van der Waals surface area contributed by atoms with E-state index in [1.807, 2.05) is 30.3 Å². The van der Waals surface area contributed by atoms with Gasteiger partial charge in [-0.3, -0.25) is 0 Å². The van der Waals surface area contributed by atoms with Gasteiger partial charge in [0.15, 0.2) is 0 Å². The first-order valence-electron chi connectivity index (χ1n) is 5.79. The van der Waals surface area contributed by atoms with Gasteiger partial charge in [-0.05, 0) is 35.9 Å². The Labute approximate surface area is 132 Å². The highest BCUT2D eigenvalue weighted by atomic mass is 35.5. The van der Waals surface area contributed by atoms with Gasteiger partial charge < -0.3 is 4.74 Å². The van der Waals surface area contributed by atoms with Crippen LogP contribution >= 0.6 is 35.0 Å². The quantitative estimate of drug-likeness (QED) is 0.728. The molecule has 0 heterocycles. The highest BCUT2D eigenvalue weighted by Gasteiger charge is 2.05. The fraction of sp³-hybridized carbons (Fsp3) is 0.133. The van der Waals surface area contributed by atoms with Gasteiger partial charge in [0, 0.05) is 10.6 Å². The van der Waals surface area contributed by atoms with Crippen molar-refractivity contribution in [2.45, 2.75) is 10.6 Å². The van der Waals surface area contributed by atoms with E-state index in [4.69, 9.17) is 33.2 Å². The van der Waals surface area contributed by atoms with E-state index in [9.17, 15) is 0 Å². The van der Waals surface area contributed by atoms with Crippen LogP contribution in [0.4, 0.5) is 0 Å². The van der Waals surface area contributed by atoms with Crippen molar-refractivity contribution in [2.24, 2.45) is 0 Å². The first-order valence-corrected chi connectivity index (χ1v) is 7.53. The Morgan fingerprint density at radius 1 is 1.15 bits per heavy atom. The van der Waals surface area contributed by atoms with E-state index in [2.05, 4.69) is 6.07 Å². The second-order valence-electron chi connectivity index (χ2n) is 4.01. The maximum absolute atomic E-state index is 9.06. The smallest absolute Gasteiger partial charge is 0.136 e. The van der Waals surface area contributed by atoms with Gasteiger partial charge in [-0.25, -0.2) is 0 Å². The lowest BCUT2D eigenvalue weighted by molar-refractivity contribution is 0.413. The van der Waals surface area contributed by atoms with Crippen molar-refractivity contribution >= 4 is 35.0 Å². The van der Waals surface area contributed by atoms with Crippen molar-refractivity contribution in [2.75, 3.05) is 7.11 Å². The number of ether oxygens (including phenoxy) is 1. The molecule has 0 saturated carbocycles. The Kier molecular flexibility index (Phi) is 5.19. The topological polar surface area (TPSA) is 33.0 Å². The third-order valence-corrected chi connectivity index (χ3v) is 4.48. The molecule has 0 bridgehead atoms. The summed E-state index contributed by atoms with van der Waals surface area (Å²) in [5.41, 5.74) is 1.60. The molecule has 0 saturated heterocycles. The van der Waals surface area contributed by atoms with E-state index < -0.39 is 0 Å². The molecule has 0 unspecified atom stereocenters. The molecule has 0 aliphatic heterocycles. The van der Waals surface area contributed by atoms with Crippen molar-refractivity contribution in [3.8, 4) is 11.8 Å². The third-order valence-electron chi connectivity index (χ3n) is 2.68. The van der Waals surface area contributed by atoms with Gasteiger partial charge in [-0.2, -0.15) is 5.26 Å². The van der Waals surface area contributed by atoms with E-state index >= 15 is 0 Å². The van der Waals surface area contributed by atoms with Crippen molar-refractivity contribution in [3.63, 3.8) is 0 Å². The maximum atomic E-state index is 9.06. The summed E-state index contributed by atoms with van der Waals surface area (Å²) in [6.07, 6.45) is 0. The summed E-state index contributed by atoms with van der Waals surface area (Å²) in [4.78, 5) is 1.04. The fourth-order valence-electron chi connectivity index (χ4n) is 1.67. The minimum atomic E-state index is 0.541. The first kappa shape index (κ1) is 15.1. The number of hydrogen-bond donors (Lipinski definition) is 0. The van der Waals surface area contributed by atoms with Gasteiger partial charge in [0.25, 0.3) is 0 Å². The molecule has 0 fully saturated rings. The minimum absolute atomic E-state index is 0.541. The molecule has 0 radical (unpaired) electrons. The van der Waals surface area contributed by atoms with Gasteiger partial charge in [-0.1, -0.05) is 29.3 Å². The summed E-state index contributed by atoms with van der Waals surface area (Å²) < 4.78 is 5.12. The summed E-state index contributed by atoms with van der Waals surface area (Å²) in [6, 6.07) is 13.3. The van der Waals surface area contributed by atoms with E-state index in [1.165, 1.54) is 0 Å². The second-order valence-corrected chi connectivity index (χ2v) is 5.87. The van der Waals surface area contributed by atoms with Crippen LogP contribution < -0.4 is 4.74 Å². The Bertz CT molecular complexity index is 667. The van der Waals surface area contributed by atoms with Crippen LogP contribution in [0.25, 0.3) is 0 Å². The summed E-state index contributed by atoms with van der Waals surface area (Å²) >= 11 is 13.5. The zero-order valence-corrected chi connectivity index (χ0v) is 13.0. The van der Waals surface area contributed by atoms with Crippen LogP contribution in [0.1, 0.15) is 11.1 Å². The lowest BCUT2D eigenvalue weighted by Crippen LogP contribution is -1.90. The molecule has 2 aromatic rings. The molecule has 0 aromatic heterocycles. The molecule has 2 aromatic carbocycles. The van der Waals surface area contributed by atoms with Gasteiger partial charge in [0.1, 0.15) is 11.8 Å². The molecule has 0 amide bonds. The van der Waals surface area contributed by atoms with Crippen LogP contribution in [0.5, 0.6) is 5.75 Å². The van der Waals surface area contributed by atoms with Gasteiger partial charge in [-0.15, -0.1) is 11.8 Å². The SMILES string of the molecule is COc1ccc(CSc2ccc(Cl)c(Cl)c2)cc1C#N. The van der Waals surface area contributed by atoms with Crippen molar-refractivity contribution in [3.05, 3.63) is 57.6 Å². The number of benzene rings is 2. The Balaban J connectivity index is 2.11. The molecule has 20 heavy (non-hydrogen) atoms. The minimum Gasteiger partial charge on any atom is -0.495 e. The number of methoxy groups -OCH3 is 1. The Hall–Kier alpha value is -1.34. The fourth-order valence-corrected chi connectivity index (χ4v) is 2.91. The third kappa shape index (κ3) is 3.61. The van der Waals surface area contributed by atoms with Crippen molar-refractivity contribution < 1.29 is 4.74 Å². The zero-order chi connectivity index (χ0) is 14.5. The number of thioether (sulfide) groups is 1. The van der Waals surface area contributed by atoms with Crippen LogP contribution in [-0.4, -0.2) is 7.11 Å². The number of nitriles is 1. The summed E-state index contributed by atoms with van der Waals surface area (Å²) in [5, 5.41) is 10.2. The normalized spacial score (nSPS) is 10.1. The summed E-state index contributed by atoms with van der Waals surface area (Å²) in [6.45, 7) is 0. The summed E-state index contributed by atoms with van der Waals surface area (Å²) in [5.74, 6) is 1.34. The van der Waals surface area contributed by atoms with E-state index in [0.717, 1.165) is 16.2 Å². The average molecular weight is 324 g/mol. The number of rotatable bonds is 4. The van der Waals surface area contributed by atoms with Crippen LogP contribution in [-0.2, 0) is 5.75 Å². The molecular formula is C15H11Cl2NOS. The van der Waals surface area contributed by atoms with Gasteiger partial charge >= 0.3 is 0 Å². The highest BCUT2D eigenvalue weighted by Crippen LogP contribution is 2.30. The number of hydrogen-bond acceptors (Lipinski definition) is 3. The molecule has 0 spiro atoms. The van der Waals surface area contributed by atoms with E-state index in [-0.39, 0.29) is 0 Å². The van der Waals surface area contributed by atoms with Crippen LogP contribution in [0, 0.1) is 11.3 Å². The predicted octanol–water partition coefficient (Wildman–Crippen LogP) is 5.17. The standard InChI is InChI=1S/C15H11Cl2NOS/c1-19-15-5-2-10(6-11(15)8-18)9-20-12-3-4-13(16)14(17)7-12/h2-7H,9H2,1H3. The monoisotopic (exact) mass is 323 g/mol. The second kappa shape index (κ2) is 6.90. The lowest BCUT2D eigenvalue weighted by atomic mass is 10.1. The van der Waals surface area contributed by atoms with Crippen LogP contribution in [0.3, 0.4) is 0 Å².